The molecule has 0 aromatic heterocycles. The SMILES string of the molecule is [SiH3]C=CC(c1ccccc1)c1ccccc1. The van der Waals surface area contributed by atoms with Gasteiger partial charge in [-0.2, -0.15) is 0 Å². The van der Waals surface area contributed by atoms with Crippen molar-refractivity contribution in [2.24, 2.45) is 0 Å². The third-order valence-electron chi connectivity index (χ3n) is 2.70. The summed E-state index contributed by atoms with van der Waals surface area (Å²) in [6.07, 6.45) is 2.30. The van der Waals surface area contributed by atoms with E-state index >= 15 is 0 Å². The van der Waals surface area contributed by atoms with Crippen molar-refractivity contribution < 1.29 is 0 Å². The second-order valence-corrected chi connectivity index (χ2v) is 4.49. The van der Waals surface area contributed by atoms with Gasteiger partial charge in [0.15, 0.2) is 0 Å². The second-order valence-electron chi connectivity index (χ2n) is 3.82. The average Bonchev–Trinajstić information content (AvgIpc) is 2.38. The fraction of sp³-hybridized carbons (Fsp3) is 0.0667. The first-order chi connectivity index (χ1) is 7.92. The summed E-state index contributed by atoms with van der Waals surface area (Å²) in [5, 5.41) is 0. The van der Waals surface area contributed by atoms with Crippen LogP contribution in [0.5, 0.6) is 0 Å². The molecular formula is C15H16Si. The Morgan fingerprint density at radius 2 is 1.19 bits per heavy atom. The van der Waals surface area contributed by atoms with Crippen molar-refractivity contribution in [3.8, 4) is 0 Å². The van der Waals surface area contributed by atoms with Gasteiger partial charge in [-0.05, 0) is 11.1 Å². The highest BCUT2D eigenvalue weighted by Crippen LogP contribution is 2.25. The van der Waals surface area contributed by atoms with Gasteiger partial charge in [0.25, 0.3) is 0 Å². The second kappa shape index (κ2) is 5.47. The van der Waals surface area contributed by atoms with Gasteiger partial charge in [-0.1, -0.05) is 66.7 Å². The quantitative estimate of drug-likeness (QED) is 0.703. The smallest absolute Gasteiger partial charge is 0.0287 e. The van der Waals surface area contributed by atoms with Gasteiger partial charge in [0, 0.05) is 16.2 Å². The van der Waals surface area contributed by atoms with Gasteiger partial charge >= 0.3 is 0 Å². The molecule has 0 amide bonds. The summed E-state index contributed by atoms with van der Waals surface area (Å²) in [5.41, 5.74) is 4.98. The fourth-order valence-corrected chi connectivity index (χ4v) is 2.31. The van der Waals surface area contributed by atoms with E-state index in [2.05, 4.69) is 72.4 Å². The van der Waals surface area contributed by atoms with Crippen LogP contribution in [0.3, 0.4) is 0 Å². The molecule has 0 aliphatic rings. The van der Waals surface area contributed by atoms with Gasteiger partial charge in [-0.15, -0.1) is 5.70 Å². The number of rotatable bonds is 3. The van der Waals surface area contributed by atoms with Crippen molar-refractivity contribution >= 4 is 10.2 Å². The number of hydrogen-bond donors (Lipinski definition) is 0. The van der Waals surface area contributed by atoms with Crippen molar-refractivity contribution in [2.75, 3.05) is 0 Å². The zero-order valence-electron chi connectivity index (χ0n) is 9.51. The van der Waals surface area contributed by atoms with Crippen LogP contribution in [0, 0.1) is 0 Å². The van der Waals surface area contributed by atoms with E-state index in [1.165, 1.54) is 11.1 Å². The van der Waals surface area contributed by atoms with Crippen LogP contribution in [0.1, 0.15) is 17.0 Å². The summed E-state index contributed by atoms with van der Waals surface area (Å²) in [4.78, 5) is 0. The molecule has 0 fully saturated rings. The maximum absolute atomic E-state index is 2.30. The molecule has 0 spiro atoms. The molecule has 0 saturated carbocycles. The molecule has 0 saturated heterocycles. The molecule has 0 nitrogen and oxygen atoms in total. The lowest BCUT2D eigenvalue weighted by molar-refractivity contribution is 1.03. The van der Waals surface area contributed by atoms with Gasteiger partial charge in [-0.3, -0.25) is 0 Å². The molecule has 0 bridgehead atoms. The number of allylic oxidation sites excluding steroid dienone is 1. The molecule has 2 rings (SSSR count). The molecular weight excluding hydrogens is 208 g/mol. The Kier molecular flexibility index (Phi) is 3.73. The molecule has 80 valence electrons. The van der Waals surface area contributed by atoms with Crippen molar-refractivity contribution in [1.82, 2.24) is 0 Å². The predicted octanol–water partition coefficient (Wildman–Crippen LogP) is 2.70. The summed E-state index contributed by atoms with van der Waals surface area (Å²) >= 11 is 0. The van der Waals surface area contributed by atoms with Crippen LogP contribution in [-0.2, 0) is 0 Å². The Balaban J connectivity index is 2.39. The Hall–Kier alpha value is -1.60. The summed E-state index contributed by atoms with van der Waals surface area (Å²) in [6.45, 7) is 0. The van der Waals surface area contributed by atoms with E-state index in [-0.39, 0.29) is 0 Å². The molecule has 0 aliphatic heterocycles. The molecule has 0 atom stereocenters. The predicted molar refractivity (Wildman–Crippen MR) is 73.8 cm³/mol. The van der Waals surface area contributed by atoms with Crippen LogP contribution < -0.4 is 0 Å². The third kappa shape index (κ3) is 2.50. The summed E-state index contributed by atoms with van der Waals surface area (Å²) in [6, 6.07) is 21.3. The topological polar surface area (TPSA) is 0 Å². The van der Waals surface area contributed by atoms with Crippen LogP contribution in [0.15, 0.2) is 72.4 Å². The largest absolute Gasteiger partial charge is 0.108 e. The lowest BCUT2D eigenvalue weighted by Crippen LogP contribution is -1.97. The maximum Gasteiger partial charge on any atom is 0.0287 e. The van der Waals surface area contributed by atoms with Crippen molar-refractivity contribution in [3.05, 3.63) is 83.6 Å². The van der Waals surface area contributed by atoms with Crippen LogP contribution in [0.2, 0.25) is 0 Å². The maximum atomic E-state index is 2.30. The summed E-state index contributed by atoms with van der Waals surface area (Å²) in [7, 11) is 1.11. The van der Waals surface area contributed by atoms with Crippen molar-refractivity contribution in [2.45, 2.75) is 5.92 Å². The minimum Gasteiger partial charge on any atom is -0.108 e. The van der Waals surface area contributed by atoms with E-state index in [4.69, 9.17) is 0 Å². The van der Waals surface area contributed by atoms with Gasteiger partial charge in [-0.25, -0.2) is 0 Å². The average molecular weight is 224 g/mol. The molecule has 0 heterocycles. The van der Waals surface area contributed by atoms with E-state index < -0.39 is 0 Å². The van der Waals surface area contributed by atoms with E-state index in [0.717, 1.165) is 10.2 Å². The first kappa shape index (κ1) is 10.9. The summed E-state index contributed by atoms with van der Waals surface area (Å²) < 4.78 is 0. The van der Waals surface area contributed by atoms with Crippen LogP contribution >= 0.6 is 0 Å². The molecule has 0 N–H and O–H groups in total. The Morgan fingerprint density at radius 1 is 0.750 bits per heavy atom. The Labute approximate surface area is 100 Å². The van der Waals surface area contributed by atoms with E-state index in [1.807, 2.05) is 0 Å². The minimum absolute atomic E-state index is 0.403. The number of benzene rings is 2. The van der Waals surface area contributed by atoms with Crippen LogP contribution in [0.4, 0.5) is 0 Å². The minimum atomic E-state index is 0.403. The van der Waals surface area contributed by atoms with Gasteiger partial charge < -0.3 is 0 Å². The molecule has 16 heavy (non-hydrogen) atoms. The van der Waals surface area contributed by atoms with Crippen LogP contribution in [0.25, 0.3) is 0 Å². The Morgan fingerprint density at radius 3 is 1.56 bits per heavy atom. The Bertz CT molecular complexity index is 406. The monoisotopic (exact) mass is 224 g/mol. The van der Waals surface area contributed by atoms with E-state index in [1.54, 1.807) is 0 Å². The highest BCUT2D eigenvalue weighted by molar-refractivity contribution is 6.17. The van der Waals surface area contributed by atoms with Gasteiger partial charge in [0.2, 0.25) is 0 Å². The normalized spacial score (nSPS) is 11.3. The van der Waals surface area contributed by atoms with Gasteiger partial charge in [0.1, 0.15) is 0 Å². The molecule has 2 aromatic carbocycles. The fourth-order valence-electron chi connectivity index (χ4n) is 1.93. The summed E-state index contributed by atoms with van der Waals surface area (Å²) in [5.74, 6) is 0.403. The standard InChI is InChI=1S/C15H16Si/c16-12-11-15(13-7-3-1-4-8-13)14-9-5-2-6-10-14/h1-12,15H,16H3. The molecule has 0 radical (unpaired) electrons. The zero-order chi connectivity index (χ0) is 11.2. The molecule has 2 aromatic rings. The van der Waals surface area contributed by atoms with Gasteiger partial charge in [0.05, 0.1) is 0 Å². The zero-order valence-corrected chi connectivity index (χ0v) is 11.5. The highest BCUT2D eigenvalue weighted by Gasteiger charge is 2.08. The molecule has 1 heteroatoms. The van der Waals surface area contributed by atoms with Crippen molar-refractivity contribution in [3.63, 3.8) is 0 Å². The van der Waals surface area contributed by atoms with Crippen molar-refractivity contribution in [1.29, 1.82) is 0 Å². The number of hydrogen-bond acceptors (Lipinski definition) is 0. The van der Waals surface area contributed by atoms with E-state index in [9.17, 15) is 0 Å². The van der Waals surface area contributed by atoms with Crippen LogP contribution in [-0.4, -0.2) is 10.2 Å². The highest BCUT2D eigenvalue weighted by atomic mass is 28.1. The lowest BCUT2D eigenvalue weighted by Gasteiger charge is -2.13. The third-order valence-corrected chi connectivity index (χ3v) is 3.09. The first-order valence-electron chi connectivity index (χ1n) is 5.64. The molecule has 0 aliphatic carbocycles. The van der Waals surface area contributed by atoms with E-state index in [0.29, 0.717) is 5.92 Å². The first-order valence-corrected chi connectivity index (χ1v) is 6.80. The molecule has 0 unspecified atom stereocenters. The lowest BCUT2D eigenvalue weighted by atomic mass is 9.92.